The van der Waals surface area contributed by atoms with Crippen LogP contribution in [0.4, 0.5) is 26.3 Å². The first-order valence-electron chi connectivity index (χ1n) is 7.98. The zero-order valence-electron chi connectivity index (χ0n) is 14.2. The zero-order valence-corrected chi connectivity index (χ0v) is 15.8. The maximum absolute atomic E-state index is 14.2. The molecule has 0 N–H and O–H groups in total. The Bertz CT molecular complexity index is 898. The summed E-state index contributed by atoms with van der Waals surface area (Å²) in [4.78, 5) is -0.936. The van der Waals surface area contributed by atoms with E-state index in [1.54, 1.807) is 19.9 Å². The molecule has 1 fully saturated rings. The Balaban J connectivity index is 2.28. The summed E-state index contributed by atoms with van der Waals surface area (Å²) >= 11 is 0. The maximum Gasteiger partial charge on any atom is 0.523 e. The molecule has 0 spiro atoms. The summed E-state index contributed by atoms with van der Waals surface area (Å²) < 4.78 is 109. The minimum absolute atomic E-state index is 0.0472. The van der Waals surface area contributed by atoms with Crippen LogP contribution in [0, 0.1) is 5.92 Å². The molecular weight excluding hydrogens is 418 g/mol. The normalized spacial score (nSPS) is 25.9. The number of halogens is 6. The van der Waals surface area contributed by atoms with Crippen LogP contribution in [0.25, 0.3) is 6.08 Å². The molecule has 1 aromatic carbocycles. The van der Waals surface area contributed by atoms with Crippen molar-refractivity contribution in [3.63, 3.8) is 0 Å². The standard InChI is InChI=1S/C16H16F6O3S2/c1-9(2)11-5-6-12-8-13(10-3-4-10)26(14(12)7-11,15(17,18)19)25-27(23,24)16(20,21)22/h5-10H,3-4H2,1-2H3. The number of benzene rings is 1. The molecule has 3 rings (SSSR count). The number of fused-ring (bicyclic) bond motifs is 1. The van der Waals surface area contributed by atoms with E-state index >= 15 is 0 Å². The van der Waals surface area contributed by atoms with E-state index in [4.69, 9.17) is 0 Å². The van der Waals surface area contributed by atoms with Gasteiger partial charge in [-0.2, -0.15) is 38.4 Å². The summed E-state index contributed by atoms with van der Waals surface area (Å²) in [6.07, 6.45) is 1.83. The van der Waals surface area contributed by atoms with Crippen molar-refractivity contribution in [2.45, 2.75) is 48.5 Å². The molecule has 0 bridgehead atoms. The number of hydrogen-bond acceptors (Lipinski definition) is 3. The molecule has 11 heteroatoms. The van der Waals surface area contributed by atoms with Gasteiger partial charge in [0.15, 0.2) is 0 Å². The fraction of sp³-hybridized carbons (Fsp3) is 0.500. The van der Waals surface area contributed by atoms with E-state index in [1.807, 2.05) is 0 Å². The van der Waals surface area contributed by atoms with Gasteiger partial charge in [0.2, 0.25) is 0 Å². The molecule has 1 heterocycles. The van der Waals surface area contributed by atoms with E-state index in [-0.39, 0.29) is 11.5 Å². The molecule has 0 saturated heterocycles. The third-order valence-electron chi connectivity index (χ3n) is 4.42. The highest BCUT2D eigenvalue weighted by atomic mass is 32.3. The van der Waals surface area contributed by atoms with E-state index in [2.05, 4.69) is 3.63 Å². The molecule has 27 heavy (non-hydrogen) atoms. The van der Waals surface area contributed by atoms with Gasteiger partial charge in [0.25, 0.3) is 0 Å². The highest BCUT2D eigenvalue weighted by molar-refractivity contribution is 8.37. The van der Waals surface area contributed by atoms with Crippen molar-refractivity contribution in [2.75, 3.05) is 0 Å². The first-order chi connectivity index (χ1) is 12.2. The van der Waals surface area contributed by atoms with E-state index in [9.17, 15) is 34.8 Å². The van der Waals surface area contributed by atoms with Crippen molar-refractivity contribution < 1.29 is 38.4 Å². The van der Waals surface area contributed by atoms with Crippen LogP contribution in [-0.4, -0.2) is 19.4 Å². The second kappa shape index (κ2) is 6.15. The summed E-state index contributed by atoms with van der Waals surface area (Å²) in [7, 11) is -11.3. The SMILES string of the molecule is CC(C)c1ccc2c(c1)S(OS(=O)(=O)C(F)(F)F)(C(F)(F)F)C(C1CC1)=C2. The quantitative estimate of drug-likeness (QED) is 0.429. The maximum atomic E-state index is 14.2. The van der Waals surface area contributed by atoms with Crippen molar-refractivity contribution in [1.29, 1.82) is 0 Å². The Morgan fingerprint density at radius 3 is 2.15 bits per heavy atom. The lowest BCUT2D eigenvalue weighted by molar-refractivity contribution is -0.0546. The topological polar surface area (TPSA) is 43.4 Å². The van der Waals surface area contributed by atoms with Crippen molar-refractivity contribution >= 4 is 26.5 Å². The molecule has 0 aromatic heterocycles. The largest absolute Gasteiger partial charge is 0.523 e. The van der Waals surface area contributed by atoms with Crippen LogP contribution in [0.2, 0.25) is 0 Å². The molecule has 2 aliphatic rings. The van der Waals surface area contributed by atoms with Gasteiger partial charge in [-0.3, -0.25) is 0 Å². The molecule has 1 saturated carbocycles. The lowest BCUT2D eigenvalue weighted by atomic mass is 10.0. The Kier molecular flexibility index (Phi) is 4.68. The van der Waals surface area contributed by atoms with Crippen LogP contribution in [0.3, 0.4) is 0 Å². The molecular formula is C16H16F6O3S2. The minimum Gasteiger partial charge on any atom is -0.196 e. The number of alkyl halides is 6. The van der Waals surface area contributed by atoms with Gasteiger partial charge >= 0.3 is 21.1 Å². The van der Waals surface area contributed by atoms with Crippen LogP contribution in [-0.2, 0) is 13.7 Å². The smallest absolute Gasteiger partial charge is 0.196 e. The predicted molar refractivity (Wildman–Crippen MR) is 89.2 cm³/mol. The van der Waals surface area contributed by atoms with Crippen molar-refractivity contribution in [1.82, 2.24) is 0 Å². The number of hydrogen-bond donors (Lipinski definition) is 0. The summed E-state index contributed by atoms with van der Waals surface area (Å²) in [5.41, 5.74) is -10.8. The molecule has 0 radical (unpaired) electrons. The van der Waals surface area contributed by atoms with Crippen LogP contribution in [0.1, 0.15) is 43.7 Å². The summed E-state index contributed by atoms with van der Waals surface area (Å²) in [5.74, 6) is -0.843. The molecule has 1 aliphatic heterocycles. The first-order valence-corrected chi connectivity index (χ1v) is 10.9. The lowest BCUT2D eigenvalue weighted by Crippen LogP contribution is -2.32. The highest BCUT2D eigenvalue weighted by Gasteiger charge is 2.65. The average Bonchev–Trinajstić information content (AvgIpc) is 3.28. The second-order valence-corrected chi connectivity index (χ2v) is 11.1. The van der Waals surface area contributed by atoms with Crippen LogP contribution >= 0.6 is 10.3 Å². The fourth-order valence-electron chi connectivity index (χ4n) is 2.91. The van der Waals surface area contributed by atoms with Gasteiger partial charge in [-0.1, -0.05) is 26.0 Å². The number of allylic oxidation sites excluding steroid dienone is 1. The fourth-order valence-corrected chi connectivity index (χ4v) is 7.74. The van der Waals surface area contributed by atoms with Gasteiger partial charge in [0.05, 0.1) is 0 Å². The summed E-state index contributed by atoms with van der Waals surface area (Å²) in [6.45, 7) is 3.42. The molecule has 0 amide bonds. The Morgan fingerprint density at radius 1 is 1.11 bits per heavy atom. The molecule has 1 aliphatic carbocycles. The Hall–Kier alpha value is -1.20. The third kappa shape index (κ3) is 3.27. The summed E-state index contributed by atoms with van der Waals surface area (Å²) in [5, 5.41) is 0. The summed E-state index contributed by atoms with van der Waals surface area (Å²) in [6, 6.07) is 4.08. The van der Waals surface area contributed by atoms with Crippen LogP contribution in [0.5, 0.6) is 0 Å². The van der Waals surface area contributed by atoms with Crippen molar-refractivity contribution in [3.05, 3.63) is 34.2 Å². The van der Waals surface area contributed by atoms with Crippen LogP contribution in [0.15, 0.2) is 28.0 Å². The van der Waals surface area contributed by atoms with Gasteiger partial charge < -0.3 is 0 Å². The van der Waals surface area contributed by atoms with E-state index in [0.717, 1.165) is 12.1 Å². The number of rotatable bonds is 4. The molecule has 1 unspecified atom stereocenters. The third-order valence-corrected chi connectivity index (χ3v) is 9.26. The van der Waals surface area contributed by atoms with Gasteiger partial charge in [-0.05, 0) is 47.9 Å². The average molecular weight is 434 g/mol. The second-order valence-electron chi connectivity index (χ2n) is 6.74. The Morgan fingerprint density at radius 2 is 1.70 bits per heavy atom. The van der Waals surface area contributed by atoms with E-state index < -0.39 is 47.2 Å². The predicted octanol–water partition coefficient (Wildman–Crippen LogP) is 6.04. The van der Waals surface area contributed by atoms with Gasteiger partial charge in [-0.25, -0.2) is 0 Å². The van der Waals surface area contributed by atoms with Gasteiger partial charge in [0.1, 0.15) is 0 Å². The van der Waals surface area contributed by atoms with Gasteiger partial charge in [0, 0.05) is 20.1 Å². The first kappa shape index (κ1) is 20.5. The molecule has 1 aromatic rings. The molecule has 152 valence electrons. The highest BCUT2D eigenvalue weighted by Crippen LogP contribution is 2.81. The van der Waals surface area contributed by atoms with Gasteiger partial charge in [-0.15, -0.1) is 0 Å². The lowest BCUT2D eigenvalue weighted by Gasteiger charge is -2.39. The monoisotopic (exact) mass is 434 g/mol. The van der Waals surface area contributed by atoms with E-state index in [0.29, 0.717) is 18.4 Å². The zero-order chi connectivity index (χ0) is 20.4. The Labute approximate surface area is 154 Å². The van der Waals surface area contributed by atoms with Crippen LogP contribution < -0.4 is 0 Å². The van der Waals surface area contributed by atoms with E-state index in [1.165, 1.54) is 6.07 Å². The molecule has 1 atom stereocenters. The molecule has 3 nitrogen and oxygen atoms in total. The van der Waals surface area contributed by atoms with Crippen molar-refractivity contribution in [3.8, 4) is 0 Å². The minimum atomic E-state index is -6.46. The van der Waals surface area contributed by atoms with Crippen molar-refractivity contribution in [2.24, 2.45) is 5.92 Å².